The Morgan fingerprint density at radius 1 is 1.53 bits per heavy atom. The van der Waals surface area contributed by atoms with Gasteiger partial charge in [0.15, 0.2) is 0 Å². The van der Waals surface area contributed by atoms with Crippen LogP contribution in [0.25, 0.3) is 0 Å². The number of esters is 1. The van der Waals surface area contributed by atoms with E-state index < -0.39 is 0 Å². The predicted octanol–water partition coefficient (Wildman–Crippen LogP) is 1.26. The highest BCUT2D eigenvalue weighted by atomic mass is 16.5. The molecule has 0 saturated carbocycles. The van der Waals surface area contributed by atoms with Crippen LogP contribution in [0.1, 0.15) is 33.6 Å². The minimum absolute atomic E-state index is 0.107. The molecule has 0 spiro atoms. The lowest BCUT2D eigenvalue weighted by atomic mass is 9.98. The lowest BCUT2D eigenvalue weighted by Gasteiger charge is -2.32. The summed E-state index contributed by atoms with van der Waals surface area (Å²) in [6.45, 7) is 10.2. The van der Waals surface area contributed by atoms with Gasteiger partial charge in [-0.2, -0.15) is 0 Å². The van der Waals surface area contributed by atoms with Crippen LogP contribution >= 0.6 is 0 Å². The average Bonchev–Trinajstić information content (AvgIpc) is 2.29. The van der Waals surface area contributed by atoms with E-state index in [0.29, 0.717) is 25.1 Å². The molecule has 100 valence electrons. The van der Waals surface area contributed by atoms with E-state index in [2.05, 4.69) is 24.1 Å². The molecule has 1 saturated heterocycles. The SMILES string of the molecule is CCOC(=O)CN(CC1CCCNC1)C(C)C. The zero-order valence-electron chi connectivity index (χ0n) is 11.4. The zero-order valence-corrected chi connectivity index (χ0v) is 11.4. The van der Waals surface area contributed by atoms with Crippen molar-refractivity contribution >= 4 is 5.97 Å². The molecule has 1 heterocycles. The Bertz CT molecular complexity index is 225. The lowest BCUT2D eigenvalue weighted by molar-refractivity contribution is -0.145. The topological polar surface area (TPSA) is 41.6 Å². The number of nitrogens with zero attached hydrogens (tertiary/aromatic N) is 1. The number of rotatable bonds is 6. The van der Waals surface area contributed by atoms with E-state index >= 15 is 0 Å². The van der Waals surface area contributed by atoms with Gasteiger partial charge in [-0.3, -0.25) is 9.69 Å². The van der Waals surface area contributed by atoms with Crippen LogP contribution in [0.4, 0.5) is 0 Å². The van der Waals surface area contributed by atoms with Crippen molar-refractivity contribution in [1.82, 2.24) is 10.2 Å². The first-order valence-electron chi connectivity index (χ1n) is 6.73. The summed E-state index contributed by atoms with van der Waals surface area (Å²) < 4.78 is 5.02. The van der Waals surface area contributed by atoms with Crippen LogP contribution in [-0.4, -0.2) is 49.7 Å². The van der Waals surface area contributed by atoms with Crippen LogP contribution in [-0.2, 0) is 9.53 Å². The molecule has 1 rings (SSSR count). The van der Waals surface area contributed by atoms with Crippen LogP contribution in [0.15, 0.2) is 0 Å². The Morgan fingerprint density at radius 3 is 2.82 bits per heavy atom. The quantitative estimate of drug-likeness (QED) is 0.712. The largest absolute Gasteiger partial charge is 0.465 e. The lowest BCUT2D eigenvalue weighted by Crippen LogP contribution is -2.43. The predicted molar refractivity (Wildman–Crippen MR) is 68.9 cm³/mol. The van der Waals surface area contributed by atoms with Crippen molar-refractivity contribution in [2.75, 3.05) is 32.8 Å². The summed E-state index contributed by atoms with van der Waals surface area (Å²) >= 11 is 0. The number of carbonyl (C=O) groups is 1. The monoisotopic (exact) mass is 242 g/mol. The van der Waals surface area contributed by atoms with Crippen LogP contribution in [0.5, 0.6) is 0 Å². The molecule has 0 aromatic carbocycles. The van der Waals surface area contributed by atoms with Gasteiger partial charge in [0, 0.05) is 12.6 Å². The van der Waals surface area contributed by atoms with Crippen LogP contribution < -0.4 is 5.32 Å². The number of hydrogen-bond donors (Lipinski definition) is 1. The van der Waals surface area contributed by atoms with Gasteiger partial charge < -0.3 is 10.1 Å². The van der Waals surface area contributed by atoms with Gasteiger partial charge in [-0.05, 0) is 52.6 Å². The second-order valence-electron chi connectivity index (χ2n) is 5.04. The highest BCUT2D eigenvalue weighted by Gasteiger charge is 2.21. The summed E-state index contributed by atoms with van der Waals surface area (Å²) in [7, 11) is 0. The second kappa shape index (κ2) is 7.67. The molecule has 0 aromatic heterocycles. The summed E-state index contributed by atoms with van der Waals surface area (Å²) in [5.41, 5.74) is 0. The van der Waals surface area contributed by atoms with Gasteiger partial charge in [-0.1, -0.05) is 0 Å². The van der Waals surface area contributed by atoms with Gasteiger partial charge in [0.2, 0.25) is 0 Å². The molecule has 1 aliphatic heterocycles. The molecule has 0 aliphatic carbocycles. The third-order valence-corrected chi connectivity index (χ3v) is 3.26. The average molecular weight is 242 g/mol. The molecule has 0 bridgehead atoms. The highest BCUT2D eigenvalue weighted by molar-refractivity contribution is 5.71. The van der Waals surface area contributed by atoms with E-state index in [1.54, 1.807) is 0 Å². The highest BCUT2D eigenvalue weighted by Crippen LogP contribution is 2.13. The van der Waals surface area contributed by atoms with E-state index in [4.69, 9.17) is 4.74 Å². The number of hydrogen-bond acceptors (Lipinski definition) is 4. The van der Waals surface area contributed by atoms with Gasteiger partial charge >= 0.3 is 5.97 Å². The van der Waals surface area contributed by atoms with Crippen molar-refractivity contribution in [3.8, 4) is 0 Å². The second-order valence-corrected chi connectivity index (χ2v) is 5.04. The summed E-state index contributed by atoms with van der Waals surface area (Å²) in [6.07, 6.45) is 2.51. The molecule has 0 radical (unpaired) electrons. The van der Waals surface area contributed by atoms with Crippen LogP contribution in [0.2, 0.25) is 0 Å². The molecule has 1 unspecified atom stereocenters. The van der Waals surface area contributed by atoms with Crippen molar-refractivity contribution < 1.29 is 9.53 Å². The Balaban J connectivity index is 2.39. The zero-order chi connectivity index (χ0) is 12.7. The molecule has 4 nitrogen and oxygen atoms in total. The molecular formula is C13H26N2O2. The summed E-state index contributed by atoms with van der Waals surface area (Å²) in [4.78, 5) is 13.7. The van der Waals surface area contributed by atoms with Crippen LogP contribution in [0, 0.1) is 5.92 Å². The third-order valence-electron chi connectivity index (χ3n) is 3.26. The Kier molecular flexibility index (Phi) is 6.52. The molecule has 1 aliphatic rings. The summed E-state index contributed by atoms with van der Waals surface area (Å²) in [5.74, 6) is 0.561. The third kappa shape index (κ3) is 5.50. The number of carbonyl (C=O) groups excluding carboxylic acids is 1. The van der Waals surface area contributed by atoms with Gasteiger partial charge in [-0.15, -0.1) is 0 Å². The van der Waals surface area contributed by atoms with Gasteiger partial charge in [-0.25, -0.2) is 0 Å². The van der Waals surface area contributed by atoms with Gasteiger partial charge in [0.25, 0.3) is 0 Å². The molecule has 0 amide bonds. The van der Waals surface area contributed by atoms with Crippen molar-refractivity contribution in [2.24, 2.45) is 5.92 Å². The van der Waals surface area contributed by atoms with E-state index in [0.717, 1.165) is 19.6 Å². The molecular weight excluding hydrogens is 216 g/mol. The summed E-state index contributed by atoms with van der Waals surface area (Å²) in [5, 5.41) is 3.41. The molecule has 4 heteroatoms. The fourth-order valence-electron chi connectivity index (χ4n) is 2.24. The van der Waals surface area contributed by atoms with Crippen molar-refractivity contribution in [1.29, 1.82) is 0 Å². The Hall–Kier alpha value is -0.610. The van der Waals surface area contributed by atoms with E-state index in [1.165, 1.54) is 12.8 Å². The van der Waals surface area contributed by atoms with E-state index in [9.17, 15) is 4.79 Å². The standard InChI is InChI=1S/C13H26N2O2/c1-4-17-13(16)10-15(11(2)3)9-12-6-5-7-14-8-12/h11-12,14H,4-10H2,1-3H3. The smallest absolute Gasteiger partial charge is 0.320 e. The maximum Gasteiger partial charge on any atom is 0.320 e. The fourth-order valence-corrected chi connectivity index (χ4v) is 2.24. The first kappa shape index (κ1) is 14.5. The van der Waals surface area contributed by atoms with Gasteiger partial charge in [0.05, 0.1) is 13.2 Å². The van der Waals surface area contributed by atoms with Crippen LogP contribution in [0.3, 0.4) is 0 Å². The molecule has 1 atom stereocenters. The first-order chi connectivity index (χ1) is 8.13. The van der Waals surface area contributed by atoms with Crippen molar-refractivity contribution in [2.45, 2.75) is 39.7 Å². The normalized spacial score (nSPS) is 20.9. The Morgan fingerprint density at radius 2 is 2.29 bits per heavy atom. The first-order valence-corrected chi connectivity index (χ1v) is 6.73. The number of nitrogens with one attached hydrogen (secondary N) is 1. The molecule has 0 aromatic rings. The van der Waals surface area contributed by atoms with Gasteiger partial charge in [0.1, 0.15) is 0 Å². The number of ether oxygens (including phenoxy) is 1. The van der Waals surface area contributed by atoms with E-state index in [1.807, 2.05) is 6.92 Å². The Labute approximate surface area is 105 Å². The molecule has 1 N–H and O–H groups in total. The maximum absolute atomic E-state index is 11.5. The maximum atomic E-state index is 11.5. The minimum Gasteiger partial charge on any atom is -0.465 e. The fraction of sp³-hybridized carbons (Fsp3) is 0.923. The minimum atomic E-state index is -0.107. The van der Waals surface area contributed by atoms with Crippen molar-refractivity contribution in [3.63, 3.8) is 0 Å². The molecule has 1 fully saturated rings. The number of piperidine rings is 1. The summed E-state index contributed by atoms with van der Waals surface area (Å²) in [6, 6.07) is 0.390. The van der Waals surface area contributed by atoms with Crippen molar-refractivity contribution in [3.05, 3.63) is 0 Å². The molecule has 17 heavy (non-hydrogen) atoms. The van der Waals surface area contributed by atoms with E-state index in [-0.39, 0.29) is 5.97 Å².